The summed E-state index contributed by atoms with van der Waals surface area (Å²) in [4.78, 5) is 17.1. The quantitative estimate of drug-likeness (QED) is 0.697. The van der Waals surface area contributed by atoms with E-state index < -0.39 is 5.76 Å². The topological polar surface area (TPSA) is 71.8 Å². The van der Waals surface area contributed by atoms with Crippen molar-refractivity contribution in [2.45, 2.75) is 6.92 Å². The fraction of sp³-hybridized carbons (Fsp3) is 0.125. The van der Waals surface area contributed by atoms with Gasteiger partial charge in [0.2, 0.25) is 5.82 Å². The van der Waals surface area contributed by atoms with Crippen LogP contribution in [0.5, 0.6) is 0 Å². The first-order valence-corrected chi connectivity index (χ1v) is 3.75. The van der Waals surface area contributed by atoms with Crippen LogP contribution >= 0.6 is 0 Å². The number of aromatic nitrogens is 3. The van der Waals surface area contributed by atoms with Crippen molar-refractivity contribution >= 4 is 0 Å². The number of aromatic amines is 1. The van der Waals surface area contributed by atoms with E-state index in [1.807, 2.05) is 19.1 Å². The van der Waals surface area contributed by atoms with E-state index >= 15 is 0 Å². The summed E-state index contributed by atoms with van der Waals surface area (Å²) in [5.41, 5.74) is 1.65. The molecule has 0 unspecified atom stereocenters. The number of hydrogen-bond acceptors (Lipinski definition) is 4. The highest BCUT2D eigenvalue weighted by Crippen LogP contribution is 2.10. The molecule has 5 nitrogen and oxygen atoms in total. The zero-order valence-corrected chi connectivity index (χ0v) is 6.94. The summed E-state index contributed by atoms with van der Waals surface area (Å²) in [6, 6.07) is 3.68. The normalized spacial score (nSPS) is 10.2. The third-order valence-electron chi connectivity index (χ3n) is 1.60. The number of aryl methyl sites for hydroxylation is 1. The Morgan fingerprint density at radius 2 is 2.38 bits per heavy atom. The minimum atomic E-state index is -0.571. The number of hydrogen-bond donors (Lipinski definition) is 1. The number of rotatable bonds is 1. The Kier molecular flexibility index (Phi) is 1.70. The molecule has 0 aliphatic rings. The molecule has 2 heterocycles. The lowest BCUT2D eigenvalue weighted by Gasteiger charge is -1.94. The van der Waals surface area contributed by atoms with Crippen molar-refractivity contribution in [3.8, 4) is 11.5 Å². The molecule has 0 amide bonds. The maximum absolute atomic E-state index is 10.6. The molecule has 0 radical (unpaired) electrons. The molecule has 0 aromatic carbocycles. The molecule has 2 aromatic rings. The van der Waals surface area contributed by atoms with E-state index in [2.05, 4.69) is 19.6 Å². The highest BCUT2D eigenvalue weighted by Gasteiger charge is 2.04. The predicted octanol–water partition coefficient (Wildman–Crippen LogP) is 0.733. The lowest BCUT2D eigenvalue weighted by atomic mass is 10.2. The summed E-state index contributed by atoms with van der Waals surface area (Å²) in [6.07, 6.45) is 1.65. The van der Waals surface area contributed by atoms with Gasteiger partial charge in [0.25, 0.3) is 0 Å². The fourth-order valence-corrected chi connectivity index (χ4v) is 1.01. The van der Waals surface area contributed by atoms with E-state index in [1.54, 1.807) is 6.20 Å². The fourth-order valence-electron chi connectivity index (χ4n) is 1.01. The van der Waals surface area contributed by atoms with E-state index in [0.717, 1.165) is 5.56 Å². The van der Waals surface area contributed by atoms with Crippen LogP contribution in [0, 0.1) is 6.92 Å². The highest BCUT2D eigenvalue weighted by atomic mass is 16.5. The minimum Gasteiger partial charge on any atom is -0.296 e. The summed E-state index contributed by atoms with van der Waals surface area (Å²) >= 11 is 0. The lowest BCUT2D eigenvalue weighted by molar-refractivity contribution is 0.387. The molecule has 0 spiro atoms. The SMILES string of the molecule is Cc1ccnc(-c2noc(=O)[nH]2)c1. The van der Waals surface area contributed by atoms with Gasteiger partial charge < -0.3 is 0 Å². The lowest BCUT2D eigenvalue weighted by Crippen LogP contribution is -1.95. The van der Waals surface area contributed by atoms with Crippen molar-refractivity contribution in [3.05, 3.63) is 34.4 Å². The molecule has 0 aliphatic heterocycles. The van der Waals surface area contributed by atoms with Crippen molar-refractivity contribution in [1.29, 1.82) is 0 Å². The van der Waals surface area contributed by atoms with Crippen LogP contribution in [-0.4, -0.2) is 15.1 Å². The minimum absolute atomic E-state index is 0.355. The monoisotopic (exact) mass is 177 g/mol. The zero-order valence-electron chi connectivity index (χ0n) is 6.94. The van der Waals surface area contributed by atoms with Crippen LogP contribution in [0.3, 0.4) is 0 Å². The summed E-state index contributed by atoms with van der Waals surface area (Å²) < 4.78 is 4.36. The van der Waals surface area contributed by atoms with Gasteiger partial charge in [-0.3, -0.25) is 14.5 Å². The van der Waals surface area contributed by atoms with Crippen LogP contribution in [0.15, 0.2) is 27.6 Å². The van der Waals surface area contributed by atoms with E-state index in [1.165, 1.54) is 0 Å². The molecular formula is C8H7N3O2. The third kappa shape index (κ3) is 1.48. The molecule has 0 aliphatic carbocycles. The second kappa shape index (κ2) is 2.85. The molecule has 0 bridgehead atoms. The van der Waals surface area contributed by atoms with Gasteiger partial charge in [-0.1, -0.05) is 5.16 Å². The Labute approximate surface area is 73.4 Å². The molecule has 66 valence electrons. The van der Waals surface area contributed by atoms with E-state index in [-0.39, 0.29) is 0 Å². The van der Waals surface area contributed by atoms with Gasteiger partial charge in [0.05, 0.1) is 0 Å². The van der Waals surface area contributed by atoms with Crippen LogP contribution in [0.2, 0.25) is 0 Å². The van der Waals surface area contributed by atoms with Gasteiger partial charge in [0.15, 0.2) is 0 Å². The average molecular weight is 177 g/mol. The predicted molar refractivity (Wildman–Crippen MR) is 45.1 cm³/mol. The van der Waals surface area contributed by atoms with Gasteiger partial charge in [-0.05, 0) is 24.6 Å². The molecule has 0 fully saturated rings. The average Bonchev–Trinajstić information content (AvgIpc) is 2.52. The molecule has 0 saturated heterocycles. The molecule has 5 heteroatoms. The standard InChI is InChI=1S/C8H7N3O2/c1-5-2-3-9-6(4-5)7-10-8(12)13-11-7/h2-4H,1H3,(H,10,11,12). The number of H-pyrrole nitrogens is 1. The molecule has 2 rings (SSSR count). The van der Waals surface area contributed by atoms with Crippen molar-refractivity contribution in [2.24, 2.45) is 0 Å². The first-order valence-electron chi connectivity index (χ1n) is 3.75. The number of nitrogens with one attached hydrogen (secondary N) is 1. The summed E-state index contributed by atoms with van der Waals surface area (Å²) in [7, 11) is 0. The zero-order chi connectivity index (χ0) is 9.26. The second-order valence-electron chi connectivity index (χ2n) is 2.66. The molecule has 2 aromatic heterocycles. The molecule has 13 heavy (non-hydrogen) atoms. The van der Waals surface area contributed by atoms with Gasteiger partial charge in [-0.2, -0.15) is 0 Å². The maximum Gasteiger partial charge on any atom is 0.439 e. The van der Waals surface area contributed by atoms with Gasteiger partial charge in [-0.15, -0.1) is 0 Å². The smallest absolute Gasteiger partial charge is 0.296 e. The molecular weight excluding hydrogens is 170 g/mol. The Balaban J connectivity index is 2.52. The van der Waals surface area contributed by atoms with Crippen molar-refractivity contribution < 1.29 is 4.52 Å². The van der Waals surface area contributed by atoms with E-state index in [4.69, 9.17) is 0 Å². The van der Waals surface area contributed by atoms with Crippen molar-refractivity contribution in [3.63, 3.8) is 0 Å². The van der Waals surface area contributed by atoms with Gasteiger partial charge in [0, 0.05) is 6.20 Å². The highest BCUT2D eigenvalue weighted by molar-refractivity contribution is 5.48. The summed E-state index contributed by atoms with van der Waals surface area (Å²) in [5.74, 6) is -0.216. The van der Waals surface area contributed by atoms with Crippen LogP contribution in [-0.2, 0) is 0 Å². The first-order chi connectivity index (χ1) is 6.25. The van der Waals surface area contributed by atoms with E-state index in [9.17, 15) is 4.79 Å². The molecule has 1 N–H and O–H groups in total. The van der Waals surface area contributed by atoms with Crippen LogP contribution in [0.25, 0.3) is 11.5 Å². The first kappa shape index (κ1) is 7.72. The largest absolute Gasteiger partial charge is 0.439 e. The molecule has 0 saturated carbocycles. The summed E-state index contributed by atoms with van der Waals surface area (Å²) in [5, 5.41) is 3.52. The molecule has 0 atom stereocenters. The summed E-state index contributed by atoms with van der Waals surface area (Å²) in [6.45, 7) is 1.93. The van der Waals surface area contributed by atoms with Gasteiger partial charge >= 0.3 is 5.76 Å². The Bertz CT molecular complexity index is 472. The van der Waals surface area contributed by atoms with Crippen molar-refractivity contribution in [1.82, 2.24) is 15.1 Å². The Morgan fingerprint density at radius 1 is 1.54 bits per heavy atom. The van der Waals surface area contributed by atoms with E-state index in [0.29, 0.717) is 11.5 Å². The number of pyridine rings is 1. The Morgan fingerprint density at radius 3 is 3.00 bits per heavy atom. The third-order valence-corrected chi connectivity index (χ3v) is 1.60. The van der Waals surface area contributed by atoms with Crippen LogP contribution in [0.4, 0.5) is 0 Å². The Hall–Kier alpha value is -1.91. The second-order valence-corrected chi connectivity index (χ2v) is 2.66. The number of nitrogens with zero attached hydrogens (tertiary/aromatic N) is 2. The van der Waals surface area contributed by atoms with Gasteiger partial charge in [0.1, 0.15) is 5.69 Å². The van der Waals surface area contributed by atoms with Crippen molar-refractivity contribution in [2.75, 3.05) is 0 Å². The van der Waals surface area contributed by atoms with Crippen LogP contribution in [0.1, 0.15) is 5.56 Å². The maximum atomic E-state index is 10.6. The van der Waals surface area contributed by atoms with Gasteiger partial charge in [-0.25, -0.2) is 4.79 Å². The van der Waals surface area contributed by atoms with Crippen LogP contribution < -0.4 is 5.76 Å².